The number of carbonyl (C=O) groups is 1. The predicted molar refractivity (Wildman–Crippen MR) is 117 cm³/mol. The molecule has 2 aromatic carbocycles. The molecule has 1 amide bonds. The zero-order valence-corrected chi connectivity index (χ0v) is 17.3. The average molecular weight is 410 g/mol. The first-order valence-corrected chi connectivity index (χ1v) is 9.89. The van der Waals surface area contributed by atoms with E-state index in [2.05, 4.69) is 27.6 Å². The maximum absolute atomic E-state index is 12.7. The van der Waals surface area contributed by atoms with Crippen molar-refractivity contribution in [3.8, 4) is 0 Å². The minimum atomic E-state index is -0.284. The van der Waals surface area contributed by atoms with Crippen LogP contribution in [0.25, 0.3) is 0 Å². The SMILES string of the molecule is CCCn1cc(CN=C(NC(=O)c2cccc(Cl)c2)Nc2ccccc2)c(C)n1. The Labute approximate surface area is 175 Å². The number of aliphatic imine (C=N–C) groups is 1. The van der Waals surface area contributed by atoms with Gasteiger partial charge >= 0.3 is 0 Å². The Balaban J connectivity index is 1.80. The highest BCUT2D eigenvalue weighted by atomic mass is 35.5. The maximum atomic E-state index is 12.7. The van der Waals surface area contributed by atoms with Crippen LogP contribution in [-0.4, -0.2) is 21.6 Å². The first kappa shape index (κ1) is 20.6. The Bertz CT molecular complexity index is 997. The molecule has 3 rings (SSSR count). The lowest BCUT2D eigenvalue weighted by Gasteiger charge is -2.12. The number of nitrogens with one attached hydrogen (secondary N) is 2. The molecule has 0 spiro atoms. The lowest BCUT2D eigenvalue weighted by molar-refractivity contribution is 0.0977. The Morgan fingerprint density at radius 1 is 1.17 bits per heavy atom. The number of aromatic nitrogens is 2. The van der Waals surface area contributed by atoms with Gasteiger partial charge < -0.3 is 5.32 Å². The van der Waals surface area contributed by atoms with Crippen molar-refractivity contribution in [2.75, 3.05) is 5.32 Å². The van der Waals surface area contributed by atoms with E-state index in [1.54, 1.807) is 24.3 Å². The third kappa shape index (κ3) is 5.93. The normalized spacial score (nSPS) is 11.3. The Kier molecular flexibility index (Phi) is 7.03. The molecule has 29 heavy (non-hydrogen) atoms. The lowest BCUT2D eigenvalue weighted by atomic mass is 10.2. The molecule has 0 fully saturated rings. The van der Waals surface area contributed by atoms with Crippen LogP contribution in [0.15, 0.2) is 65.8 Å². The highest BCUT2D eigenvalue weighted by Crippen LogP contribution is 2.12. The fourth-order valence-electron chi connectivity index (χ4n) is 2.80. The molecule has 0 saturated heterocycles. The van der Waals surface area contributed by atoms with E-state index in [1.807, 2.05) is 48.1 Å². The van der Waals surface area contributed by atoms with Gasteiger partial charge in [-0.3, -0.25) is 14.8 Å². The second-order valence-corrected chi connectivity index (χ2v) is 7.06. The summed E-state index contributed by atoms with van der Waals surface area (Å²) in [5, 5.41) is 11.0. The van der Waals surface area contributed by atoms with Crippen LogP contribution in [-0.2, 0) is 13.1 Å². The standard InChI is InChI=1S/C22H24ClN5O/c1-3-12-28-15-18(16(2)27-28)14-24-22(25-20-10-5-4-6-11-20)26-21(29)17-8-7-9-19(23)13-17/h4-11,13,15H,3,12,14H2,1-2H3,(H2,24,25,26,29). The lowest BCUT2D eigenvalue weighted by Crippen LogP contribution is -2.36. The van der Waals surface area contributed by atoms with E-state index < -0.39 is 0 Å². The zero-order chi connectivity index (χ0) is 20.6. The largest absolute Gasteiger partial charge is 0.326 e. The van der Waals surface area contributed by atoms with E-state index >= 15 is 0 Å². The molecule has 1 aromatic heterocycles. The number of benzene rings is 2. The zero-order valence-electron chi connectivity index (χ0n) is 16.5. The van der Waals surface area contributed by atoms with E-state index in [0.29, 0.717) is 23.1 Å². The van der Waals surface area contributed by atoms with Gasteiger partial charge in [0.15, 0.2) is 0 Å². The molecule has 0 unspecified atom stereocenters. The molecular formula is C22H24ClN5O. The van der Waals surface area contributed by atoms with Gasteiger partial charge in [-0.1, -0.05) is 42.8 Å². The van der Waals surface area contributed by atoms with Gasteiger partial charge in [0, 0.05) is 34.6 Å². The molecule has 3 aromatic rings. The molecule has 0 aliphatic carbocycles. The number of guanidine groups is 1. The van der Waals surface area contributed by atoms with Gasteiger partial charge in [0.1, 0.15) is 0 Å². The first-order chi connectivity index (χ1) is 14.0. The number of halogens is 1. The number of hydrogen-bond acceptors (Lipinski definition) is 3. The van der Waals surface area contributed by atoms with E-state index in [4.69, 9.17) is 11.6 Å². The van der Waals surface area contributed by atoms with Crippen LogP contribution in [0, 0.1) is 6.92 Å². The second-order valence-electron chi connectivity index (χ2n) is 6.62. The van der Waals surface area contributed by atoms with Gasteiger partial charge in [-0.2, -0.15) is 5.10 Å². The summed E-state index contributed by atoms with van der Waals surface area (Å²) in [5.74, 6) is 0.0805. The molecule has 7 heteroatoms. The van der Waals surface area contributed by atoms with Crippen LogP contribution < -0.4 is 10.6 Å². The van der Waals surface area contributed by atoms with Crippen molar-refractivity contribution in [1.29, 1.82) is 0 Å². The number of para-hydroxylation sites is 1. The van der Waals surface area contributed by atoms with E-state index in [0.717, 1.165) is 29.9 Å². The molecule has 2 N–H and O–H groups in total. The van der Waals surface area contributed by atoms with Gasteiger partial charge in [-0.25, -0.2) is 4.99 Å². The van der Waals surface area contributed by atoms with E-state index in [9.17, 15) is 4.79 Å². The quantitative estimate of drug-likeness (QED) is 0.459. The van der Waals surface area contributed by atoms with Crippen molar-refractivity contribution in [1.82, 2.24) is 15.1 Å². The molecule has 0 atom stereocenters. The third-order valence-corrected chi connectivity index (χ3v) is 4.50. The molecule has 150 valence electrons. The number of rotatable bonds is 6. The van der Waals surface area contributed by atoms with Crippen molar-refractivity contribution < 1.29 is 4.79 Å². The van der Waals surface area contributed by atoms with Gasteiger partial charge in [0.25, 0.3) is 5.91 Å². The average Bonchev–Trinajstić information content (AvgIpc) is 3.06. The molecule has 1 heterocycles. The van der Waals surface area contributed by atoms with Crippen LogP contribution in [0.1, 0.15) is 35.0 Å². The topological polar surface area (TPSA) is 71.3 Å². The minimum Gasteiger partial charge on any atom is -0.326 e. The highest BCUT2D eigenvalue weighted by molar-refractivity contribution is 6.31. The summed E-state index contributed by atoms with van der Waals surface area (Å²) in [7, 11) is 0. The molecule has 0 bridgehead atoms. The molecule has 0 radical (unpaired) electrons. The van der Waals surface area contributed by atoms with Crippen molar-refractivity contribution in [2.45, 2.75) is 33.4 Å². The van der Waals surface area contributed by atoms with Crippen LogP contribution in [0.2, 0.25) is 5.02 Å². The number of aryl methyl sites for hydroxylation is 2. The molecular weight excluding hydrogens is 386 g/mol. The molecule has 0 saturated carbocycles. The molecule has 0 aliphatic rings. The number of carbonyl (C=O) groups excluding carboxylic acids is 1. The molecule has 0 aliphatic heterocycles. The van der Waals surface area contributed by atoms with Gasteiger partial charge in [0.2, 0.25) is 5.96 Å². The predicted octanol–water partition coefficient (Wildman–Crippen LogP) is 4.65. The van der Waals surface area contributed by atoms with Gasteiger partial charge in [0.05, 0.1) is 12.2 Å². The third-order valence-electron chi connectivity index (χ3n) is 4.26. The number of nitrogens with zero attached hydrogens (tertiary/aromatic N) is 3. The van der Waals surface area contributed by atoms with Crippen LogP contribution in [0.5, 0.6) is 0 Å². The van der Waals surface area contributed by atoms with Crippen molar-refractivity contribution >= 4 is 29.2 Å². The maximum Gasteiger partial charge on any atom is 0.258 e. The Hall–Kier alpha value is -3.12. The van der Waals surface area contributed by atoms with Gasteiger partial charge in [-0.15, -0.1) is 0 Å². The monoisotopic (exact) mass is 409 g/mol. The summed E-state index contributed by atoms with van der Waals surface area (Å²) in [4.78, 5) is 17.3. The number of hydrogen-bond donors (Lipinski definition) is 2. The van der Waals surface area contributed by atoms with E-state index in [-0.39, 0.29) is 5.91 Å². The van der Waals surface area contributed by atoms with Crippen molar-refractivity contribution in [3.63, 3.8) is 0 Å². The fourth-order valence-corrected chi connectivity index (χ4v) is 2.99. The van der Waals surface area contributed by atoms with Crippen LogP contribution >= 0.6 is 11.6 Å². The van der Waals surface area contributed by atoms with E-state index in [1.165, 1.54) is 0 Å². The highest BCUT2D eigenvalue weighted by Gasteiger charge is 2.11. The minimum absolute atomic E-state index is 0.284. The van der Waals surface area contributed by atoms with Crippen molar-refractivity contribution in [3.05, 3.63) is 82.6 Å². The summed E-state index contributed by atoms with van der Waals surface area (Å²) in [6.07, 6.45) is 3.02. The number of anilines is 1. The summed E-state index contributed by atoms with van der Waals surface area (Å²) < 4.78 is 1.93. The first-order valence-electron chi connectivity index (χ1n) is 9.51. The van der Waals surface area contributed by atoms with Crippen LogP contribution in [0.3, 0.4) is 0 Å². The van der Waals surface area contributed by atoms with Crippen molar-refractivity contribution in [2.24, 2.45) is 4.99 Å². The van der Waals surface area contributed by atoms with Gasteiger partial charge in [-0.05, 0) is 43.7 Å². The molecule has 6 nitrogen and oxygen atoms in total. The Morgan fingerprint density at radius 3 is 2.69 bits per heavy atom. The summed E-state index contributed by atoms with van der Waals surface area (Å²) in [6, 6.07) is 16.4. The second kappa shape index (κ2) is 9.89. The summed E-state index contributed by atoms with van der Waals surface area (Å²) in [5.41, 5.74) is 3.24. The smallest absolute Gasteiger partial charge is 0.258 e. The summed E-state index contributed by atoms with van der Waals surface area (Å²) >= 11 is 6.01. The number of amides is 1. The fraction of sp³-hybridized carbons (Fsp3) is 0.227. The van der Waals surface area contributed by atoms with Crippen LogP contribution in [0.4, 0.5) is 5.69 Å². The Morgan fingerprint density at radius 2 is 1.97 bits per heavy atom. The summed E-state index contributed by atoms with van der Waals surface area (Å²) in [6.45, 7) is 5.35.